The van der Waals surface area contributed by atoms with E-state index in [0.717, 1.165) is 25.7 Å². The number of ketones is 1. The second-order valence-electron chi connectivity index (χ2n) is 8.34. The van der Waals surface area contributed by atoms with Crippen molar-refractivity contribution in [2.45, 2.75) is 61.9 Å². The Labute approximate surface area is 171 Å². The third-order valence-corrected chi connectivity index (χ3v) is 11.3. The monoisotopic (exact) mass is 438 g/mol. The third kappa shape index (κ3) is 3.34. The van der Waals surface area contributed by atoms with Crippen LogP contribution in [0.1, 0.15) is 51.4 Å². The van der Waals surface area contributed by atoms with E-state index in [4.69, 9.17) is 0 Å². The number of carbonyl (C=O) groups excluding carboxylic acids is 1. The van der Waals surface area contributed by atoms with Crippen molar-refractivity contribution in [2.75, 3.05) is 0 Å². The summed E-state index contributed by atoms with van der Waals surface area (Å²) in [6.45, 7) is 0. The van der Waals surface area contributed by atoms with Gasteiger partial charge in [-0.3, -0.25) is 4.79 Å². The van der Waals surface area contributed by atoms with Gasteiger partial charge >= 0.3 is 0 Å². The second-order valence-corrected chi connectivity index (χ2v) is 12.6. The number of rotatable bonds is 3. The number of carbonyl (C=O) groups is 1. The highest BCUT2D eigenvalue weighted by Crippen LogP contribution is 2.44. The molecule has 0 spiro atoms. The summed E-state index contributed by atoms with van der Waals surface area (Å²) in [5.41, 5.74) is 0. The van der Waals surface area contributed by atoms with Gasteiger partial charge in [-0.15, -0.1) is 0 Å². The van der Waals surface area contributed by atoms with Crippen molar-refractivity contribution in [3.05, 3.63) is 45.9 Å². The van der Waals surface area contributed by atoms with E-state index < -0.39 is 36.1 Å². The topological polar surface area (TPSA) is 106 Å². The fraction of sp³-hybridized carbons (Fsp3) is 0.571. The van der Waals surface area contributed by atoms with Gasteiger partial charge in [0.05, 0.1) is 10.5 Å². The number of aliphatic hydroxyl groups is 1. The minimum atomic E-state index is -3.59. The van der Waals surface area contributed by atoms with Gasteiger partial charge < -0.3 is 5.11 Å². The maximum absolute atomic E-state index is 12.7. The molecule has 2 aliphatic heterocycles. The Morgan fingerprint density at radius 2 is 1.34 bits per heavy atom. The standard InChI is InChI=1S/C21H26O6S2/c22-20-14-8-4-6-10-16(14)28(24,25)18(20)12-2-1-3-13-19-21(23)15-9-5-7-11-17(15)29(19,26)27/h1-3,12-17,22H,4-11H2. The van der Waals surface area contributed by atoms with Crippen molar-refractivity contribution in [3.8, 4) is 0 Å². The third-order valence-electron chi connectivity index (χ3n) is 6.72. The molecule has 4 unspecified atom stereocenters. The molecule has 2 heterocycles. The average molecular weight is 439 g/mol. The average Bonchev–Trinajstić information content (AvgIpc) is 3.02. The van der Waals surface area contributed by atoms with E-state index in [1.165, 1.54) is 30.4 Å². The lowest BCUT2D eigenvalue weighted by atomic mass is 9.86. The number of hydrogen-bond acceptors (Lipinski definition) is 6. The first kappa shape index (κ1) is 20.6. The zero-order chi connectivity index (χ0) is 20.8. The van der Waals surface area contributed by atoms with Crippen LogP contribution in [0.25, 0.3) is 0 Å². The summed E-state index contributed by atoms with van der Waals surface area (Å²) in [4.78, 5) is 12.3. The van der Waals surface area contributed by atoms with Crippen LogP contribution in [-0.4, -0.2) is 38.2 Å². The molecule has 6 nitrogen and oxygen atoms in total. The van der Waals surface area contributed by atoms with E-state index in [1.807, 2.05) is 0 Å². The fourth-order valence-electron chi connectivity index (χ4n) is 5.23. The molecule has 2 aliphatic carbocycles. The Balaban J connectivity index is 1.53. The highest BCUT2D eigenvalue weighted by Gasteiger charge is 2.51. The normalized spacial score (nSPS) is 37.5. The number of hydrogen-bond donors (Lipinski definition) is 1. The van der Waals surface area contributed by atoms with Crippen molar-refractivity contribution in [2.24, 2.45) is 11.8 Å². The van der Waals surface area contributed by atoms with Crippen molar-refractivity contribution >= 4 is 25.5 Å². The lowest BCUT2D eigenvalue weighted by Crippen LogP contribution is -2.27. The van der Waals surface area contributed by atoms with Gasteiger partial charge in [0.15, 0.2) is 25.5 Å². The molecule has 0 aromatic heterocycles. The molecule has 0 radical (unpaired) electrons. The number of Topliss-reactive ketones (excluding diaryl/α,β-unsaturated/α-hetero) is 1. The predicted octanol–water partition coefficient (Wildman–Crippen LogP) is 3.30. The van der Waals surface area contributed by atoms with Gasteiger partial charge in [0.2, 0.25) is 0 Å². The Hall–Kier alpha value is -1.67. The van der Waals surface area contributed by atoms with Crippen molar-refractivity contribution in [3.63, 3.8) is 0 Å². The Morgan fingerprint density at radius 3 is 1.97 bits per heavy atom. The van der Waals surface area contributed by atoms with Gasteiger partial charge in [-0.25, -0.2) is 16.8 Å². The van der Waals surface area contributed by atoms with Crippen LogP contribution < -0.4 is 0 Å². The molecule has 158 valence electrons. The molecule has 4 atom stereocenters. The van der Waals surface area contributed by atoms with Crippen LogP contribution in [0, 0.1) is 11.8 Å². The molecule has 8 heteroatoms. The van der Waals surface area contributed by atoms with Crippen LogP contribution in [0.4, 0.5) is 0 Å². The Bertz CT molecular complexity index is 1040. The van der Waals surface area contributed by atoms with E-state index in [-0.39, 0.29) is 27.3 Å². The van der Waals surface area contributed by atoms with Crippen LogP contribution in [0.3, 0.4) is 0 Å². The SMILES string of the molecule is O=C1C(=CC=CC=CC2=C(O)C3CCCCC3S2(=O)=O)S(=O)(=O)C2CCCCC12. The molecule has 29 heavy (non-hydrogen) atoms. The van der Waals surface area contributed by atoms with Crippen molar-refractivity contribution in [1.82, 2.24) is 0 Å². The maximum atomic E-state index is 12.7. The summed E-state index contributed by atoms with van der Waals surface area (Å²) >= 11 is 0. The molecular formula is C21H26O6S2. The molecule has 4 aliphatic rings. The van der Waals surface area contributed by atoms with Crippen LogP contribution in [0.2, 0.25) is 0 Å². The van der Waals surface area contributed by atoms with Gasteiger partial charge in [0.1, 0.15) is 15.6 Å². The lowest BCUT2D eigenvalue weighted by Gasteiger charge is -2.23. The van der Waals surface area contributed by atoms with Crippen LogP contribution in [0.15, 0.2) is 45.9 Å². The zero-order valence-electron chi connectivity index (χ0n) is 16.2. The van der Waals surface area contributed by atoms with Crippen LogP contribution in [0.5, 0.6) is 0 Å². The molecule has 3 fully saturated rings. The van der Waals surface area contributed by atoms with E-state index in [9.17, 15) is 26.7 Å². The Morgan fingerprint density at radius 1 is 0.759 bits per heavy atom. The van der Waals surface area contributed by atoms with Gasteiger partial charge in [0.25, 0.3) is 0 Å². The molecule has 0 bridgehead atoms. The van der Waals surface area contributed by atoms with Crippen molar-refractivity contribution < 1.29 is 26.7 Å². The Kier molecular flexibility index (Phi) is 5.36. The summed E-state index contributed by atoms with van der Waals surface area (Å²) in [6.07, 6.45) is 13.0. The molecule has 1 N–H and O–H groups in total. The van der Waals surface area contributed by atoms with E-state index in [0.29, 0.717) is 25.7 Å². The summed E-state index contributed by atoms with van der Waals surface area (Å²) in [7, 11) is -7.13. The quantitative estimate of drug-likeness (QED) is 0.535. The molecule has 0 aromatic rings. The highest BCUT2D eigenvalue weighted by molar-refractivity contribution is 7.97. The van der Waals surface area contributed by atoms with Crippen LogP contribution >= 0.6 is 0 Å². The minimum absolute atomic E-state index is 0.0395. The fourth-order valence-corrected chi connectivity index (χ4v) is 9.64. The number of aliphatic hydroxyl groups excluding tert-OH is 1. The van der Waals surface area contributed by atoms with E-state index in [1.54, 1.807) is 0 Å². The van der Waals surface area contributed by atoms with E-state index in [2.05, 4.69) is 0 Å². The molecule has 4 rings (SSSR count). The zero-order valence-corrected chi connectivity index (χ0v) is 17.8. The summed E-state index contributed by atoms with van der Waals surface area (Å²) in [6, 6.07) is 0. The molecule has 0 aromatic carbocycles. The first-order chi connectivity index (χ1) is 13.8. The minimum Gasteiger partial charge on any atom is -0.511 e. The molecular weight excluding hydrogens is 412 g/mol. The number of fused-ring (bicyclic) bond motifs is 2. The first-order valence-electron chi connectivity index (χ1n) is 10.3. The van der Waals surface area contributed by atoms with Gasteiger partial charge in [-0.1, -0.05) is 43.9 Å². The van der Waals surface area contributed by atoms with Gasteiger partial charge in [-0.2, -0.15) is 0 Å². The molecule has 1 saturated heterocycles. The predicted molar refractivity (Wildman–Crippen MR) is 110 cm³/mol. The highest BCUT2D eigenvalue weighted by atomic mass is 32.2. The largest absolute Gasteiger partial charge is 0.511 e. The number of sulfone groups is 2. The maximum Gasteiger partial charge on any atom is 0.185 e. The van der Waals surface area contributed by atoms with E-state index >= 15 is 0 Å². The number of allylic oxidation sites excluding steroid dienone is 7. The lowest BCUT2D eigenvalue weighted by molar-refractivity contribution is -0.118. The summed E-state index contributed by atoms with van der Waals surface area (Å²) < 4.78 is 50.6. The first-order valence-corrected chi connectivity index (χ1v) is 13.4. The van der Waals surface area contributed by atoms with Crippen molar-refractivity contribution in [1.29, 1.82) is 0 Å². The molecule has 0 amide bonds. The second kappa shape index (κ2) is 7.54. The summed E-state index contributed by atoms with van der Waals surface area (Å²) in [5.74, 6) is -1.09. The van der Waals surface area contributed by atoms with Crippen LogP contribution in [-0.2, 0) is 24.5 Å². The van der Waals surface area contributed by atoms with Gasteiger partial charge in [0, 0.05) is 11.8 Å². The van der Waals surface area contributed by atoms with Gasteiger partial charge in [-0.05, 0) is 37.8 Å². The molecule has 2 saturated carbocycles. The smallest absolute Gasteiger partial charge is 0.185 e. The summed E-state index contributed by atoms with van der Waals surface area (Å²) in [5, 5.41) is 9.23.